The van der Waals surface area contributed by atoms with Gasteiger partial charge in [0.25, 0.3) is 5.91 Å². The molecule has 48 heavy (non-hydrogen) atoms. The molecule has 3 fully saturated rings. The van der Waals surface area contributed by atoms with Crippen molar-refractivity contribution in [2.75, 3.05) is 16.8 Å². The lowest BCUT2D eigenvalue weighted by Gasteiger charge is -2.51. The van der Waals surface area contributed by atoms with Crippen LogP contribution >= 0.6 is 11.3 Å². The summed E-state index contributed by atoms with van der Waals surface area (Å²) in [6, 6.07) is 17.4. The van der Waals surface area contributed by atoms with Crippen molar-refractivity contribution in [2.45, 2.75) is 66.0 Å². The van der Waals surface area contributed by atoms with Crippen LogP contribution in [0.15, 0.2) is 60.8 Å². The lowest BCUT2D eigenvalue weighted by atomic mass is 9.54. The fraction of sp³-hybridized carbons (Fsp3) is 0.395. The van der Waals surface area contributed by atoms with E-state index in [1.807, 2.05) is 66.3 Å². The van der Waals surface area contributed by atoms with Gasteiger partial charge in [-0.3, -0.25) is 14.8 Å². The van der Waals surface area contributed by atoms with Crippen molar-refractivity contribution in [3.8, 4) is 11.1 Å². The van der Waals surface area contributed by atoms with Gasteiger partial charge in [-0.15, -0.1) is 0 Å². The van der Waals surface area contributed by atoms with Crippen LogP contribution in [0, 0.1) is 30.1 Å². The van der Waals surface area contributed by atoms with E-state index in [0.717, 1.165) is 57.4 Å². The summed E-state index contributed by atoms with van der Waals surface area (Å²) in [5.41, 5.74) is 6.12. The Morgan fingerprint density at radius 3 is 2.67 bits per heavy atom. The van der Waals surface area contributed by atoms with Gasteiger partial charge >= 0.3 is 5.97 Å². The Morgan fingerprint density at radius 1 is 1.00 bits per heavy atom. The lowest BCUT2D eigenvalue weighted by molar-refractivity contribution is -0.0179. The van der Waals surface area contributed by atoms with Crippen LogP contribution in [0.25, 0.3) is 21.3 Å². The number of fused-ring (bicyclic) bond motifs is 5. The van der Waals surface area contributed by atoms with Gasteiger partial charge in [0.05, 0.1) is 15.9 Å². The number of nitrogens with one attached hydrogen (secondary N) is 1. The second-order valence-corrected chi connectivity index (χ2v) is 15.4. The molecular formula is C38H40N6O3S. The van der Waals surface area contributed by atoms with Crippen molar-refractivity contribution in [2.24, 2.45) is 23.2 Å². The van der Waals surface area contributed by atoms with E-state index in [-0.39, 0.29) is 11.6 Å². The number of amides is 1. The monoisotopic (exact) mass is 660 g/mol. The van der Waals surface area contributed by atoms with Crippen molar-refractivity contribution in [1.29, 1.82) is 0 Å². The van der Waals surface area contributed by atoms with Gasteiger partial charge in [0, 0.05) is 42.5 Å². The van der Waals surface area contributed by atoms with Crippen LogP contribution in [0.2, 0.25) is 0 Å². The summed E-state index contributed by atoms with van der Waals surface area (Å²) in [7, 11) is 0. The molecule has 3 aromatic heterocycles. The molecule has 2 aromatic carbocycles. The highest BCUT2D eigenvalue weighted by molar-refractivity contribution is 7.22. The van der Waals surface area contributed by atoms with Crippen LogP contribution < -0.4 is 10.2 Å². The van der Waals surface area contributed by atoms with E-state index in [1.165, 1.54) is 37.0 Å². The predicted octanol–water partition coefficient (Wildman–Crippen LogP) is 7.84. The number of carbonyl (C=O) groups is 2. The number of aromatic carboxylic acids is 1. The molecular weight excluding hydrogens is 621 g/mol. The number of carboxylic acid groups (broad SMARTS) is 1. The lowest BCUT2D eigenvalue weighted by Crippen LogP contribution is -2.43. The van der Waals surface area contributed by atoms with Crippen molar-refractivity contribution >= 4 is 44.4 Å². The number of rotatable bonds is 7. The zero-order chi connectivity index (χ0) is 33.2. The predicted molar refractivity (Wildman–Crippen MR) is 189 cm³/mol. The van der Waals surface area contributed by atoms with E-state index in [2.05, 4.69) is 35.1 Å². The first-order chi connectivity index (χ1) is 23.1. The summed E-state index contributed by atoms with van der Waals surface area (Å²) < 4.78 is 3.04. The molecule has 0 spiro atoms. The second kappa shape index (κ2) is 11.8. The molecule has 2 N–H and O–H groups in total. The van der Waals surface area contributed by atoms with Gasteiger partial charge in [-0.25, -0.2) is 14.8 Å². The highest BCUT2D eigenvalue weighted by Crippen LogP contribution is 2.58. The molecule has 4 heterocycles. The van der Waals surface area contributed by atoms with Crippen LogP contribution in [0.3, 0.4) is 0 Å². The molecule has 10 heteroatoms. The number of thiazole rings is 1. The van der Waals surface area contributed by atoms with Crippen LogP contribution in [0.1, 0.15) is 77.2 Å². The second-order valence-electron chi connectivity index (χ2n) is 14.4. The Hall–Kier alpha value is -4.57. The first kappa shape index (κ1) is 30.7. The molecule has 4 aliphatic rings. The Kier molecular flexibility index (Phi) is 7.58. The maximum Gasteiger partial charge on any atom is 0.355 e. The average Bonchev–Trinajstić information content (AvgIpc) is 3.54. The van der Waals surface area contributed by atoms with E-state index >= 15 is 0 Å². The third-order valence-corrected chi connectivity index (χ3v) is 12.3. The van der Waals surface area contributed by atoms with Crippen molar-refractivity contribution < 1.29 is 14.7 Å². The quantitative estimate of drug-likeness (QED) is 0.183. The van der Waals surface area contributed by atoms with E-state index in [9.17, 15) is 14.7 Å². The van der Waals surface area contributed by atoms with Crippen LogP contribution in [0.4, 0.5) is 10.9 Å². The highest BCUT2D eigenvalue weighted by atomic mass is 32.1. The number of aryl methyl sites for hydroxylation is 1. The van der Waals surface area contributed by atoms with Crippen LogP contribution in [-0.4, -0.2) is 43.3 Å². The van der Waals surface area contributed by atoms with E-state index in [1.54, 1.807) is 0 Å². The van der Waals surface area contributed by atoms with Gasteiger partial charge < -0.3 is 10.0 Å². The maximum atomic E-state index is 13.5. The van der Waals surface area contributed by atoms with Gasteiger partial charge in [-0.1, -0.05) is 49.4 Å². The zero-order valence-corrected chi connectivity index (χ0v) is 28.4. The summed E-state index contributed by atoms with van der Waals surface area (Å²) in [6.07, 6.45) is 7.82. The average molecular weight is 661 g/mol. The molecule has 5 aromatic rings. The van der Waals surface area contributed by atoms with E-state index in [4.69, 9.17) is 10.1 Å². The fourth-order valence-electron chi connectivity index (χ4n) is 8.36. The minimum absolute atomic E-state index is 0.0137. The molecule has 3 saturated carbocycles. The molecule has 9 rings (SSSR count). The molecule has 3 atom stereocenters. The molecule has 0 radical (unpaired) electrons. The largest absolute Gasteiger partial charge is 0.476 e. The van der Waals surface area contributed by atoms with Crippen molar-refractivity contribution in [3.05, 3.63) is 88.9 Å². The number of hydrogen-bond donors (Lipinski definition) is 2. The van der Waals surface area contributed by atoms with Gasteiger partial charge in [0.1, 0.15) is 5.82 Å². The van der Waals surface area contributed by atoms with Gasteiger partial charge in [0.2, 0.25) is 0 Å². The topological polar surface area (TPSA) is 113 Å². The molecule has 3 aliphatic carbocycles. The Labute approximate surface area is 284 Å². The van der Waals surface area contributed by atoms with E-state index < -0.39 is 5.97 Å². The molecule has 2 bridgehead atoms. The van der Waals surface area contributed by atoms with Crippen LogP contribution in [0.5, 0.6) is 0 Å². The minimum Gasteiger partial charge on any atom is -0.476 e. The number of pyridine rings is 1. The third kappa shape index (κ3) is 5.45. The number of benzene rings is 2. The van der Waals surface area contributed by atoms with Gasteiger partial charge in [-0.2, -0.15) is 5.10 Å². The summed E-state index contributed by atoms with van der Waals surface area (Å²) in [5, 5.41) is 18.7. The Balaban J connectivity index is 1.02. The fourth-order valence-corrected chi connectivity index (χ4v) is 9.22. The van der Waals surface area contributed by atoms with Gasteiger partial charge in [-0.05, 0) is 104 Å². The van der Waals surface area contributed by atoms with E-state index in [0.29, 0.717) is 46.5 Å². The third-order valence-electron chi connectivity index (χ3n) is 11.3. The molecule has 0 saturated heterocycles. The molecule has 1 aliphatic heterocycles. The van der Waals surface area contributed by atoms with Gasteiger partial charge in [0.15, 0.2) is 10.8 Å². The van der Waals surface area contributed by atoms with Crippen LogP contribution in [-0.2, 0) is 19.5 Å². The maximum absolute atomic E-state index is 13.5. The number of carbonyl (C=O) groups excluding carboxylic acids is 1. The summed E-state index contributed by atoms with van der Waals surface area (Å²) >= 11 is 1.45. The zero-order valence-electron chi connectivity index (χ0n) is 27.6. The summed E-state index contributed by atoms with van der Waals surface area (Å²) in [4.78, 5) is 37.5. The Morgan fingerprint density at radius 2 is 1.85 bits per heavy atom. The highest BCUT2D eigenvalue weighted by Gasteiger charge is 2.50. The van der Waals surface area contributed by atoms with Crippen molar-refractivity contribution in [3.63, 3.8) is 0 Å². The normalized spacial score (nSPS) is 21.3. The number of nitrogens with zero attached hydrogens (tertiary/aromatic N) is 5. The molecule has 1 amide bonds. The number of anilines is 2. The Bertz CT molecular complexity index is 2030. The smallest absolute Gasteiger partial charge is 0.355 e. The molecule has 9 nitrogen and oxygen atoms in total. The number of carboxylic acids is 1. The molecule has 0 unspecified atom stereocenters. The van der Waals surface area contributed by atoms with Crippen molar-refractivity contribution in [1.82, 2.24) is 19.7 Å². The number of para-hydroxylation sites is 1. The SMILES string of the molecule is Cc1nn(C[C@@H]2CC[C@H]3C[C@@H](C2)C3(C)C)cc1-c1ccc(N2CCc3cccc(C(=O)Nc4nc5ccccc5s4)c3C2)nc1C(=O)O. The number of hydrogen-bond acceptors (Lipinski definition) is 7. The standard InChI is InChI=1S/C38H40N6O3S/c1-22-29(21-44(42-22)19-23-11-12-25-18-26(17-23)38(25,2)3)27-13-14-33(40-34(27)36(46)47)43-16-15-24-7-6-8-28(30(24)20-43)35(45)41-37-39-31-9-4-5-10-32(31)48-37/h4-10,13-14,21,23,25-26H,11-12,15-20H2,1-3H3,(H,46,47)(H,39,41,45)/t23-,25+,26-/m1/s1. The summed E-state index contributed by atoms with van der Waals surface area (Å²) in [5.74, 6) is 1.51. The first-order valence-corrected chi connectivity index (χ1v) is 17.8. The molecule has 246 valence electrons. The summed E-state index contributed by atoms with van der Waals surface area (Å²) in [6.45, 7) is 8.77. The number of aromatic nitrogens is 4. The minimum atomic E-state index is -1.07. The first-order valence-electron chi connectivity index (χ1n) is 17.0.